The second-order valence-corrected chi connectivity index (χ2v) is 3.43. The van der Waals surface area contributed by atoms with Gasteiger partial charge in [0.15, 0.2) is 0 Å². The van der Waals surface area contributed by atoms with Crippen molar-refractivity contribution in [1.29, 1.82) is 0 Å². The number of esters is 1. The van der Waals surface area contributed by atoms with Crippen molar-refractivity contribution in [1.82, 2.24) is 10.0 Å². The van der Waals surface area contributed by atoms with Gasteiger partial charge in [-0.25, -0.2) is 5.01 Å². The van der Waals surface area contributed by atoms with Crippen LogP contribution in [-0.4, -0.2) is 61.3 Å². The molecule has 0 bridgehead atoms. The molecular weight excluding hydrogens is 212 g/mol. The fourth-order valence-electron chi connectivity index (χ4n) is 1.54. The van der Waals surface area contributed by atoms with E-state index in [0.717, 1.165) is 0 Å². The molecular formula is C10H17N2O4. The van der Waals surface area contributed by atoms with E-state index in [0.29, 0.717) is 32.8 Å². The third kappa shape index (κ3) is 4.16. The Morgan fingerprint density at radius 1 is 1.44 bits per heavy atom. The van der Waals surface area contributed by atoms with Crippen LogP contribution in [0.4, 0.5) is 0 Å². The molecule has 1 heterocycles. The van der Waals surface area contributed by atoms with E-state index in [1.807, 2.05) is 5.01 Å². The molecule has 0 aromatic heterocycles. The lowest BCUT2D eigenvalue weighted by Crippen LogP contribution is -2.51. The molecule has 1 rings (SSSR count). The Morgan fingerprint density at radius 2 is 2.06 bits per heavy atom. The van der Waals surface area contributed by atoms with Crippen LogP contribution in [0.1, 0.15) is 6.92 Å². The highest BCUT2D eigenvalue weighted by Crippen LogP contribution is 2.03. The van der Waals surface area contributed by atoms with Crippen LogP contribution in [0.5, 0.6) is 0 Å². The molecule has 91 valence electrons. The Bertz CT molecular complexity index is 251. The Balaban J connectivity index is 2.40. The highest BCUT2D eigenvalue weighted by Gasteiger charge is 2.20. The van der Waals surface area contributed by atoms with Crippen LogP contribution in [0, 0.1) is 6.92 Å². The van der Waals surface area contributed by atoms with Gasteiger partial charge in [-0.05, 0) is 0 Å². The molecule has 0 aliphatic carbocycles. The van der Waals surface area contributed by atoms with Gasteiger partial charge >= 0.3 is 5.97 Å². The minimum atomic E-state index is -0.578. The Kier molecular flexibility index (Phi) is 5.21. The third-order valence-corrected chi connectivity index (χ3v) is 2.26. The normalized spacial score (nSPS) is 16.9. The molecule has 1 aliphatic heterocycles. The van der Waals surface area contributed by atoms with Crippen LogP contribution in [0.15, 0.2) is 0 Å². The van der Waals surface area contributed by atoms with Gasteiger partial charge in [-0.2, -0.15) is 0 Å². The van der Waals surface area contributed by atoms with Gasteiger partial charge < -0.3 is 9.47 Å². The van der Waals surface area contributed by atoms with E-state index in [-0.39, 0.29) is 12.5 Å². The number of morpholine rings is 1. The van der Waals surface area contributed by atoms with Crippen LogP contribution >= 0.6 is 0 Å². The highest BCUT2D eigenvalue weighted by molar-refractivity contribution is 5.74. The van der Waals surface area contributed by atoms with Crippen molar-refractivity contribution in [2.24, 2.45) is 0 Å². The number of amides is 1. The maximum atomic E-state index is 11.4. The van der Waals surface area contributed by atoms with Crippen molar-refractivity contribution in [2.45, 2.75) is 6.92 Å². The quantitative estimate of drug-likeness (QED) is 0.606. The summed E-state index contributed by atoms with van der Waals surface area (Å²) in [7, 11) is 0. The molecule has 0 aromatic rings. The number of carbonyl (C=O) groups is 2. The Morgan fingerprint density at radius 3 is 2.56 bits per heavy atom. The lowest BCUT2D eigenvalue weighted by molar-refractivity contribution is -0.159. The molecule has 6 nitrogen and oxygen atoms in total. The second kappa shape index (κ2) is 6.44. The van der Waals surface area contributed by atoms with Crippen molar-refractivity contribution < 1.29 is 19.1 Å². The number of hydrogen-bond donors (Lipinski definition) is 0. The van der Waals surface area contributed by atoms with Crippen molar-refractivity contribution in [3.05, 3.63) is 6.92 Å². The summed E-state index contributed by atoms with van der Waals surface area (Å²) >= 11 is 0. The van der Waals surface area contributed by atoms with Crippen molar-refractivity contribution >= 4 is 11.9 Å². The van der Waals surface area contributed by atoms with E-state index in [9.17, 15) is 9.59 Å². The van der Waals surface area contributed by atoms with Gasteiger partial charge in [0.1, 0.15) is 6.61 Å². The van der Waals surface area contributed by atoms with Crippen molar-refractivity contribution in [3.63, 3.8) is 0 Å². The average molecular weight is 229 g/mol. The maximum Gasteiger partial charge on any atom is 0.306 e. The van der Waals surface area contributed by atoms with Gasteiger partial charge in [-0.1, -0.05) is 0 Å². The molecule has 0 unspecified atom stereocenters. The SMILES string of the molecule is [CH2]C(=O)OCCN(C(C)=O)N1CCOCC1. The minimum absolute atomic E-state index is 0.0676. The summed E-state index contributed by atoms with van der Waals surface area (Å²) in [5.74, 6) is -0.646. The zero-order valence-corrected chi connectivity index (χ0v) is 9.48. The molecule has 0 N–H and O–H groups in total. The first-order valence-electron chi connectivity index (χ1n) is 5.20. The van der Waals surface area contributed by atoms with E-state index in [2.05, 4.69) is 6.92 Å². The van der Waals surface area contributed by atoms with Crippen molar-refractivity contribution in [3.8, 4) is 0 Å². The van der Waals surface area contributed by atoms with Crippen LogP contribution in [0.3, 0.4) is 0 Å². The smallest absolute Gasteiger partial charge is 0.306 e. The average Bonchev–Trinajstić information content (AvgIpc) is 2.25. The minimum Gasteiger partial charge on any atom is -0.464 e. The first-order chi connectivity index (χ1) is 7.61. The molecule has 1 saturated heterocycles. The molecule has 1 fully saturated rings. The predicted molar refractivity (Wildman–Crippen MR) is 56.1 cm³/mol. The number of carbonyl (C=O) groups excluding carboxylic acids is 2. The van der Waals surface area contributed by atoms with Gasteiger partial charge in [0.05, 0.1) is 26.7 Å². The number of ether oxygens (including phenoxy) is 2. The molecule has 0 atom stereocenters. The van der Waals surface area contributed by atoms with E-state index in [1.165, 1.54) is 6.92 Å². The number of nitrogens with zero attached hydrogens (tertiary/aromatic N) is 2. The zero-order valence-electron chi connectivity index (χ0n) is 9.48. The molecule has 1 radical (unpaired) electrons. The van der Waals surface area contributed by atoms with Crippen LogP contribution in [-0.2, 0) is 19.1 Å². The predicted octanol–water partition coefficient (Wildman–Crippen LogP) is -0.541. The molecule has 0 spiro atoms. The van der Waals surface area contributed by atoms with Gasteiger partial charge in [0.25, 0.3) is 0 Å². The first kappa shape index (κ1) is 12.9. The summed E-state index contributed by atoms with van der Waals surface area (Å²) in [5, 5.41) is 3.48. The first-order valence-corrected chi connectivity index (χ1v) is 5.20. The summed E-state index contributed by atoms with van der Waals surface area (Å²) in [6, 6.07) is 0. The van der Waals surface area contributed by atoms with Gasteiger partial charge in [0.2, 0.25) is 5.91 Å². The van der Waals surface area contributed by atoms with Gasteiger partial charge in [-0.15, -0.1) is 0 Å². The summed E-state index contributed by atoms with van der Waals surface area (Å²) in [6.07, 6.45) is 0. The fourth-order valence-corrected chi connectivity index (χ4v) is 1.54. The monoisotopic (exact) mass is 229 g/mol. The lowest BCUT2D eigenvalue weighted by atomic mass is 10.4. The van der Waals surface area contributed by atoms with E-state index in [1.54, 1.807) is 5.01 Å². The van der Waals surface area contributed by atoms with E-state index < -0.39 is 5.97 Å². The Labute approximate surface area is 95.1 Å². The molecule has 1 aliphatic rings. The molecule has 16 heavy (non-hydrogen) atoms. The molecule has 6 heteroatoms. The van der Waals surface area contributed by atoms with Crippen molar-refractivity contribution in [2.75, 3.05) is 39.5 Å². The fraction of sp³-hybridized carbons (Fsp3) is 0.700. The maximum absolute atomic E-state index is 11.4. The molecule has 1 amide bonds. The Hall–Kier alpha value is -1.14. The summed E-state index contributed by atoms with van der Waals surface area (Å²) in [6.45, 7) is 7.68. The van der Waals surface area contributed by atoms with Gasteiger partial charge in [-0.3, -0.25) is 14.6 Å². The largest absolute Gasteiger partial charge is 0.464 e. The topological polar surface area (TPSA) is 59.1 Å². The lowest BCUT2D eigenvalue weighted by Gasteiger charge is -2.36. The summed E-state index contributed by atoms with van der Waals surface area (Å²) in [4.78, 5) is 21.9. The van der Waals surface area contributed by atoms with Crippen LogP contribution in [0.25, 0.3) is 0 Å². The molecule has 0 aromatic carbocycles. The number of hydrazine groups is 1. The van der Waals surface area contributed by atoms with E-state index in [4.69, 9.17) is 9.47 Å². The number of rotatable bonds is 4. The standard InChI is InChI=1S/C10H17N2O4/c1-9(13)12(5-8-16-10(2)14)11-3-6-15-7-4-11/h2-8H2,1H3. The number of hydrogen-bond acceptors (Lipinski definition) is 5. The van der Waals surface area contributed by atoms with Crippen LogP contribution in [0.2, 0.25) is 0 Å². The summed E-state index contributed by atoms with van der Waals surface area (Å²) < 4.78 is 9.91. The molecule has 0 saturated carbocycles. The van der Waals surface area contributed by atoms with E-state index >= 15 is 0 Å². The summed E-state index contributed by atoms with van der Waals surface area (Å²) in [5.41, 5.74) is 0. The van der Waals surface area contributed by atoms with Gasteiger partial charge in [0, 0.05) is 20.0 Å². The zero-order chi connectivity index (χ0) is 12.0. The second-order valence-electron chi connectivity index (χ2n) is 3.43. The van der Waals surface area contributed by atoms with Crippen LogP contribution < -0.4 is 0 Å². The highest BCUT2D eigenvalue weighted by atomic mass is 16.5. The third-order valence-electron chi connectivity index (χ3n) is 2.26.